The smallest absolute Gasteiger partial charge is 0.319 e. The van der Waals surface area contributed by atoms with Crippen LogP contribution >= 0.6 is 22.9 Å². The van der Waals surface area contributed by atoms with E-state index < -0.39 is 23.7 Å². The number of hydrogen-bond donors (Lipinski definition) is 1. The van der Waals surface area contributed by atoms with E-state index in [1.54, 1.807) is 11.0 Å². The number of nitrogens with zero attached hydrogens (tertiary/aromatic N) is 6. The van der Waals surface area contributed by atoms with Crippen molar-refractivity contribution >= 4 is 60.7 Å². The van der Waals surface area contributed by atoms with E-state index in [-0.39, 0.29) is 71.8 Å². The summed E-state index contributed by atoms with van der Waals surface area (Å²) in [6.45, 7) is 5.18. The topological polar surface area (TPSA) is 112 Å². The highest BCUT2D eigenvalue weighted by atomic mass is 35.5. The van der Waals surface area contributed by atoms with Crippen molar-refractivity contribution in [2.45, 2.75) is 57.3 Å². The molecule has 1 aliphatic carbocycles. The fourth-order valence-electron chi connectivity index (χ4n) is 8.20. The molecule has 1 saturated carbocycles. The summed E-state index contributed by atoms with van der Waals surface area (Å²) < 4.78 is 52.1. The number of halogens is 4. The molecule has 14 heteroatoms. The number of fused-ring (bicyclic) bond motifs is 2. The highest BCUT2D eigenvalue weighted by Crippen LogP contribution is 2.48. The third-order valence-electron chi connectivity index (χ3n) is 10.8. The molecule has 49 heavy (non-hydrogen) atoms. The molecule has 8 rings (SSSR count). The molecule has 1 amide bonds. The zero-order valence-corrected chi connectivity index (χ0v) is 28.7. The molecule has 3 saturated heterocycles. The highest BCUT2D eigenvalue weighted by molar-refractivity contribution is 7.23. The molecular formula is C35H35ClF3N7O2S. The molecule has 4 aromatic rings. The second-order valence-electron chi connectivity index (χ2n) is 14.1. The lowest BCUT2D eigenvalue weighted by molar-refractivity contribution is -0.145. The van der Waals surface area contributed by atoms with Crippen molar-refractivity contribution in [1.82, 2.24) is 19.8 Å². The van der Waals surface area contributed by atoms with E-state index in [4.69, 9.17) is 27.1 Å². The van der Waals surface area contributed by atoms with Crippen LogP contribution in [0.25, 0.3) is 32.1 Å². The number of ether oxygens (including phenoxy) is 1. The summed E-state index contributed by atoms with van der Waals surface area (Å²) >= 11 is 7.81. The molecule has 2 aromatic carbocycles. The molecular weight excluding hydrogens is 675 g/mol. The first-order chi connectivity index (χ1) is 23.5. The number of nitrogens with two attached hydrogens (primary N) is 1. The molecule has 0 radical (unpaired) electrons. The van der Waals surface area contributed by atoms with E-state index >= 15 is 4.39 Å². The van der Waals surface area contributed by atoms with E-state index in [0.29, 0.717) is 43.8 Å². The Bertz CT molecular complexity index is 2060. The number of hydrogen-bond acceptors (Lipinski definition) is 9. The summed E-state index contributed by atoms with van der Waals surface area (Å²) in [5, 5.41) is 10.6. The second kappa shape index (κ2) is 11.9. The Morgan fingerprint density at radius 2 is 2.00 bits per heavy atom. The number of anilines is 2. The molecule has 1 spiro atoms. The lowest BCUT2D eigenvalue weighted by atomic mass is 9.73. The third-order valence-corrected chi connectivity index (χ3v) is 12.1. The maximum absolute atomic E-state index is 17.1. The number of aromatic nitrogens is 2. The Morgan fingerprint density at radius 1 is 1.22 bits per heavy atom. The van der Waals surface area contributed by atoms with Gasteiger partial charge in [0.1, 0.15) is 40.5 Å². The first kappa shape index (κ1) is 32.4. The number of piperidine rings is 1. The van der Waals surface area contributed by atoms with Crippen LogP contribution in [0, 0.1) is 34.3 Å². The number of carbonyl (C=O) groups is 1. The van der Waals surface area contributed by atoms with Crippen LogP contribution < -0.4 is 15.4 Å². The minimum Gasteiger partial charge on any atom is -0.459 e. The molecule has 2 N–H and O–H groups in total. The van der Waals surface area contributed by atoms with Crippen molar-refractivity contribution in [1.29, 1.82) is 5.26 Å². The van der Waals surface area contributed by atoms with Crippen molar-refractivity contribution in [3.63, 3.8) is 0 Å². The number of alkyl halides is 1. The van der Waals surface area contributed by atoms with E-state index in [1.165, 1.54) is 12.1 Å². The zero-order valence-electron chi connectivity index (χ0n) is 27.1. The van der Waals surface area contributed by atoms with Gasteiger partial charge in [-0.1, -0.05) is 17.7 Å². The average molecular weight is 710 g/mol. The monoisotopic (exact) mass is 709 g/mol. The van der Waals surface area contributed by atoms with Gasteiger partial charge in [0.15, 0.2) is 5.82 Å². The maximum Gasteiger partial charge on any atom is 0.319 e. The van der Waals surface area contributed by atoms with Gasteiger partial charge in [-0.25, -0.2) is 13.2 Å². The summed E-state index contributed by atoms with van der Waals surface area (Å²) in [4.78, 5) is 28.3. The fraction of sp³-hybridized carbons (Fsp3) is 0.486. The quantitative estimate of drug-likeness (QED) is 0.240. The minimum atomic E-state index is -1.04. The number of carbonyl (C=O) groups excluding carboxylic acids is 1. The average Bonchev–Trinajstić information content (AvgIpc) is 3.46. The Labute approximate surface area is 290 Å². The molecule has 4 aliphatic rings. The molecule has 256 valence electrons. The number of benzene rings is 2. The van der Waals surface area contributed by atoms with Crippen LogP contribution in [-0.2, 0) is 4.79 Å². The van der Waals surface area contributed by atoms with Crippen LogP contribution in [0.2, 0.25) is 5.02 Å². The lowest BCUT2D eigenvalue weighted by Crippen LogP contribution is -2.64. The first-order valence-electron chi connectivity index (χ1n) is 16.6. The molecule has 1 unspecified atom stereocenters. The van der Waals surface area contributed by atoms with Crippen LogP contribution in [0.1, 0.15) is 44.6 Å². The van der Waals surface area contributed by atoms with Gasteiger partial charge >= 0.3 is 6.01 Å². The standard InChI is InChI=1S/C35H35ClF3N7O2S/c1-17(25-5-3-9-44(25)2)48-34-42-29-20(32(43-34)45-10-4-8-35(14-45)15-46(16-35)33(47)19-12-24(19)38)11-22(36)27(28(29)39)18-6-7-23(37)30-26(18)21(13-40)31(41)49-30/h6-7,11,17,19,24-25H,3-5,8-10,12,14-16,41H2,1-2H3/t17-,19+,24+,25?/m0/s1. The number of thiophene rings is 1. The van der Waals surface area contributed by atoms with Crippen molar-refractivity contribution in [3.05, 3.63) is 40.4 Å². The van der Waals surface area contributed by atoms with Crippen molar-refractivity contribution < 1.29 is 22.7 Å². The summed E-state index contributed by atoms with van der Waals surface area (Å²) in [5.74, 6) is -1.48. The van der Waals surface area contributed by atoms with Gasteiger partial charge in [0, 0.05) is 54.0 Å². The largest absolute Gasteiger partial charge is 0.459 e. The van der Waals surface area contributed by atoms with Gasteiger partial charge in [-0.15, -0.1) is 11.3 Å². The van der Waals surface area contributed by atoms with Gasteiger partial charge in [0.25, 0.3) is 0 Å². The number of rotatable bonds is 6. The summed E-state index contributed by atoms with van der Waals surface area (Å²) in [6.07, 6.45) is 2.70. The first-order valence-corrected chi connectivity index (χ1v) is 17.8. The molecule has 0 bridgehead atoms. The molecule has 4 atom stereocenters. The molecule has 3 aliphatic heterocycles. The highest BCUT2D eigenvalue weighted by Gasteiger charge is 2.53. The van der Waals surface area contributed by atoms with E-state index in [1.807, 2.05) is 20.0 Å². The summed E-state index contributed by atoms with van der Waals surface area (Å²) in [6, 6.07) is 6.44. The van der Waals surface area contributed by atoms with Crippen molar-refractivity contribution in [2.75, 3.05) is 50.4 Å². The minimum absolute atomic E-state index is 0.0154. The number of nitriles is 1. The predicted octanol–water partition coefficient (Wildman–Crippen LogP) is 6.55. The van der Waals surface area contributed by atoms with E-state index in [9.17, 15) is 18.8 Å². The number of amides is 1. The van der Waals surface area contributed by atoms with Crippen LogP contribution in [0.4, 0.5) is 24.0 Å². The fourth-order valence-corrected chi connectivity index (χ4v) is 9.45. The van der Waals surface area contributed by atoms with Crippen molar-refractivity contribution in [3.8, 4) is 23.2 Å². The third kappa shape index (κ3) is 5.34. The molecule has 2 aromatic heterocycles. The van der Waals surface area contributed by atoms with Gasteiger partial charge in [0.05, 0.1) is 21.2 Å². The second-order valence-corrected chi connectivity index (χ2v) is 15.6. The molecule has 5 heterocycles. The number of likely N-dealkylation sites (N-methyl/N-ethyl adjacent to an activating group) is 1. The van der Waals surface area contributed by atoms with Gasteiger partial charge in [-0.05, 0) is 70.3 Å². The van der Waals surface area contributed by atoms with Gasteiger partial charge in [-0.3, -0.25) is 9.69 Å². The summed E-state index contributed by atoms with van der Waals surface area (Å²) in [5.41, 5.74) is 6.14. The predicted molar refractivity (Wildman–Crippen MR) is 184 cm³/mol. The Kier molecular flexibility index (Phi) is 7.85. The van der Waals surface area contributed by atoms with Crippen LogP contribution in [0.5, 0.6) is 6.01 Å². The maximum atomic E-state index is 17.1. The molecule has 9 nitrogen and oxygen atoms in total. The van der Waals surface area contributed by atoms with Crippen LogP contribution in [0.15, 0.2) is 18.2 Å². The van der Waals surface area contributed by atoms with Crippen molar-refractivity contribution in [2.24, 2.45) is 11.3 Å². The zero-order chi connectivity index (χ0) is 34.4. The summed E-state index contributed by atoms with van der Waals surface area (Å²) in [7, 11) is 2.05. The lowest BCUT2D eigenvalue weighted by Gasteiger charge is -2.55. The number of likely N-dealkylation sites (tertiary alicyclic amines) is 2. The van der Waals surface area contributed by atoms with Gasteiger partial charge in [0.2, 0.25) is 5.91 Å². The van der Waals surface area contributed by atoms with Gasteiger partial charge < -0.3 is 20.3 Å². The van der Waals surface area contributed by atoms with Crippen LogP contribution in [-0.4, -0.2) is 83.8 Å². The Hall–Kier alpha value is -3.86. The van der Waals surface area contributed by atoms with Gasteiger partial charge in [-0.2, -0.15) is 15.2 Å². The van der Waals surface area contributed by atoms with Crippen LogP contribution in [0.3, 0.4) is 0 Å². The SMILES string of the molecule is C[C@H](Oc1nc(N2CCCC3(CN(C(=O)[C@@H]4C[C@H]4F)C3)C2)c2cc(Cl)c(-c3ccc(F)c4sc(N)c(C#N)c34)c(F)c2n1)C1CCCN1C. The Morgan fingerprint density at radius 3 is 2.69 bits per heavy atom. The normalized spacial score (nSPS) is 24.0. The molecule has 4 fully saturated rings. The van der Waals surface area contributed by atoms with E-state index in [0.717, 1.165) is 43.6 Å². The van der Waals surface area contributed by atoms with E-state index in [2.05, 4.69) is 14.8 Å². The number of nitrogen functional groups attached to an aromatic ring is 1. The Balaban J connectivity index is 1.23.